The van der Waals surface area contributed by atoms with Crippen LogP contribution in [0, 0.1) is 18.3 Å². The average Bonchev–Trinajstić information content (AvgIpc) is 2.37. The summed E-state index contributed by atoms with van der Waals surface area (Å²) >= 11 is 0. The number of hydrogen-bond acceptors (Lipinski definition) is 4. The number of alkyl carbamates (subject to hydrolysis) is 1. The van der Waals surface area contributed by atoms with Gasteiger partial charge in [-0.1, -0.05) is 6.07 Å². The average molecular weight is 248 g/mol. The van der Waals surface area contributed by atoms with Gasteiger partial charge in [-0.25, -0.2) is 4.79 Å². The Morgan fingerprint density at radius 1 is 1.50 bits per heavy atom. The highest BCUT2D eigenvalue weighted by Crippen LogP contribution is 2.18. The normalized spacial score (nSPS) is 9.39. The molecule has 96 valence electrons. The molecule has 1 aromatic rings. The number of amides is 1. The van der Waals surface area contributed by atoms with E-state index in [0.717, 1.165) is 16.9 Å². The van der Waals surface area contributed by atoms with Gasteiger partial charge in [-0.15, -0.1) is 0 Å². The molecule has 1 rings (SSSR count). The molecular weight excluding hydrogens is 232 g/mol. The molecule has 0 aliphatic carbocycles. The van der Waals surface area contributed by atoms with Gasteiger partial charge in [-0.2, -0.15) is 5.26 Å². The molecule has 0 heterocycles. The first-order valence-electron chi connectivity index (χ1n) is 5.58. The van der Waals surface area contributed by atoms with Crippen LogP contribution in [0.25, 0.3) is 0 Å². The van der Waals surface area contributed by atoms with Crippen LogP contribution in [-0.4, -0.2) is 19.7 Å². The summed E-state index contributed by atoms with van der Waals surface area (Å²) in [6, 6.07) is 7.51. The van der Waals surface area contributed by atoms with Gasteiger partial charge in [0.25, 0.3) is 0 Å². The summed E-state index contributed by atoms with van der Waals surface area (Å²) in [5, 5.41) is 10.8. The van der Waals surface area contributed by atoms with E-state index in [-0.39, 0.29) is 13.0 Å². The quantitative estimate of drug-likeness (QED) is 0.810. The fourth-order valence-corrected chi connectivity index (χ4v) is 1.45. The Bertz CT molecular complexity index is 452. The minimum atomic E-state index is -0.515. The molecule has 0 spiro atoms. The predicted molar refractivity (Wildman–Crippen MR) is 66.1 cm³/mol. The number of hydrogen-bond donors (Lipinski definition) is 1. The monoisotopic (exact) mass is 248 g/mol. The number of nitrogens with zero attached hydrogens (tertiary/aromatic N) is 1. The zero-order valence-electron chi connectivity index (χ0n) is 10.5. The van der Waals surface area contributed by atoms with Crippen molar-refractivity contribution >= 4 is 6.09 Å². The molecule has 0 atom stereocenters. The molecule has 0 aliphatic heterocycles. The van der Waals surface area contributed by atoms with Gasteiger partial charge in [0, 0.05) is 6.54 Å². The topological polar surface area (TPSA) is 71.3 Å². The Hall–Kier alpha value is -2.22. The fourth-order valence-electron chi connectivity index (χ4n) is 1.45. The van der Waals surface area contributed by atoms with Crippen LogP contribution in [0.1, 0.15) is 17.5 Å². The van der Waals surface area contributed by atoms with Gasteiger partial charge >= 0.3 is 6.09 Å². The molecule has 1 amide bonds. The van der Waals surface area contributed by atoms with Crippen LogP contribution < -0.4 is 10.1 Å². The number of aryl methyl sites for hydroxylation is 1. The van der Waals surface area contributed by atoms with Crippen LogP contribution in [-0.2, 0) is 11.3 Å². The number of methoxy groups -OCH3 is 1. The molecule has 1 N–H and O–H groups in total. The molecule has 1 aromatic carbocycles. The Morgan fingerprint density at radius 3 is 2.89 bits per heavy atom. The van der Waals surface area contributed by atoms with Crippen LogP contribution >= 0.6 is 0 Å². The highest BCUT2D eigenvalue weighted by molar-refractivity contribution is 5.67. The molecule has 0 saturated heterocycles. The second-order valence-electron chi connectivity index (χ2n) is 3.71. The maximum Gasteiger partial charge on any atom is 0.407 e. The number of benzene rings is 1. The minimum Gasteiger partial charge on any atom is -0.496 e. The van der Waals surface area contributed by atoms with E-state index < -0.39 is 6.09 Å². The van der Waals surface area contributed by atoms with Gasteiger partial charge in [0.2, 0.25) is 0 Å². The summed E-state index contributed by atoms with van der Waals surface area (Å²) in [5.74, 6) is 0.803. The third-order valence-electron chi connectivity index (χ3n) is 2.34. The van der Waals surface area contributed by atoms with Crippen LogP contribution in [0.4, 0.5) is 4.79 Å². The molecule has 0 unspecified atom stereocenters. The smallest absolute Gasteiger partial charge is 0.407 e. The van der Waals surface area contributed by atoms with E-state index in [2.05, 4.69) is 5.32 Å². The first-order valence-corrected chi connectivity index (χ1v) is 5.58. The summed E-state index contributed by atoms with van der Waals surface area (Å²) in [6.07, 6.45) is -0.241. The molecule has 5 nitrogen and oxygen atoms in total. The zero-order chi connectivity index (χ0) is 13.4. The van der Waals surface area contributed by atoms with E-state index in [9.17, 15) is 4.79 Å². The first kappa shape index (κ1) is 13.8. The highest BCUT2D eigenvalue weighted by atomic mass is 16.5. The molecule has 0 fully saturated rings. The lowest BCUT2D eigenvalue weighted by Crippen LogP contribution is -2.24. The maximum atomic E-state index is 11.2. The van der Waals surface area contributed by atoms with Gasteiger partial charge in [0.05, 0.1) is 19.6 Å². The van der Waals surface area contributed by atoms with E-state index in [4.69, 9.17) is 14.7 Å². The Morgan fingerprint density at radius 2 is 2.28 bits per heavy atom. The molecule has 0 aliphatic rings. The lowest BCUT2D eigenvalue weighted by atomic mass is 10.1. The third-order valence-corrected chi connectivity index (χ3v) is 2.34. The maximum absolute atomic E-state index is 11.2. The van der Waals surface area contributed by atoms with Crippen molar-refractivity contribution in [3.8, 4) is 11.8 Å². The number of carbonyl (C=O) groups is 1. The molecule has 0 radical (unpaired) electrons. The largest absolute Gasteiger partial charge is 0.496 e. The van der Waals surface area contributed by atoms with Crippen molar-refractivity contribution in [2.24, 2.45) is 0 Å². The summed E-state index contributed by atoms with van der Waals surface area (Å²) in [7, 11) is 1.61. The summed E-state index contributed by atoms with van der Waals surface area (Å²) < 4.78 is 10.1. The highest BCUT2D eigenvalue weighted by Gasteiger charge is 2.04. The molecular formula is C13H16N2O3. The van der Waals surface area contributed by atoms with Gasteiger partial charge in [0.15, 0.2) is 0 Å². The van der Waals surface area contributed by atoms with Crippen molar-refractivity contribution in [1.29, 1.82) is 5.26 Å². The van der Waals surface area contributed by atoms with Crippen molar-refractivity contribution in [3.05, 3.63) is 29.3 Å². The Labute approximate surface area is 106 Å². The second-order valence-corrected chi connectivity index (χ2v) is 3.71. The SMILES string of the molecule is COc1ccc(COC(=O)NCCC#N)cc1C. The number of rotatable bonds is 5. The molecule has 0 saturated carbocycles. The Balaban J connectivity index is 2.42. The third kappa shape index (κ3) is 4.34. The van der Waals surface area contributed by atoms with E-state index in [1.807, 2.05) is 31.2 Å². The summed E-state index contributed by atoms with van der Waals surface area (Å²) in [4.78, 5) is 11.2. The molecule has 18 heavy (non-hydrogen) atoms. The van der Waals surface area contributed by atoms with Crippen LogP contribution in [0.5, 0.6) is 5.75 Å². The van der Waals surface area contributed by atoms with Crippen molar-refractivity contribution in [2.45, 2.75) is 20.0 Å². The van der Waals surface area contributed by atoms with Crippen molar-refractivity contribution in [3.63, 3.8) is 0 Å². The zero-order valence-corrected chi connectivity index (χ0v) is 10.5. The van der Waals surface area contributed by atoms with Crippen molar-refractivity contribution in [1.82, 2.24) is 5.32 Å². The van der Waals surface area contributed by atoms with E-state index in [1.54, 1.807) is 7.11 Å². The van der Waals surface area contributed by atoms with Crippen LogP contribution in [0.15, 0.2) is 18.2 Å². The van der Waals surface area contributed by atoms with Crippen LogP contribution in [0.2, 0.25) is 0 Å². The van der Waals surface area contributed by atoms with E-state index in [1.165, 1.54) is 0 Å². The summed E-state index contributed by atoms with van der Waals surface area (Å²) in [5.41, 5.74) is 1.88. The number of carbonyl (C=O) groups excluding carboxylic acids is 1. The van der Waals surface area contributed by atoms with Crippen molar-refractivity contribution < 1.29 is 14.3 Å². The van der Waals surface area contributed by atoms with Gasteiger partial charge < -0.3 is 14.8 Å². The molecule has 0 bridgehead atoms. The van der Waals surface area contributed by atoms with Gasteiger partial charge in [-0.05, 0) is 30.2 Å². The first-order chi connectivity index (χ1) is 8.67. The lowest BCUT2D eigenvalue weighted by Gasteiger charge is -2.08. The van der Waals surface area contributed by atoms with Gasteiger partial charge in [0.1, 0.15) is 12.4 Å². The number of nitrogens with one attached hydrogen (secondary N) is 1. The predicted octanol–water partition coefficient (Wildman–Crippen LogP) is 2.14. The van der Waals surface area contributed by atoms with Gasteiger partial charge in [-0.3, -0.25) is 0 Å². The fraction of sp³-hybridized carbons (Fsp3) is 0.385. The van der Waals surface area contributed by atoms with E-state index in [0.29, 0.717) is 6.54 Å². The number of ether oxygens (including phenoxy) is 2. The molecule has 0 aromatic heterocycles. The second kappa shape index (κ2) is 7.17. The number of nitriles is 1. The van der Waals surface area contributed by atoms with Crippen molar-refractivity contribution in [2.75, 3.05) is 13.7 Å². The van der Waals surface area contributed by atoms with Crippen LogP contribution in [0.3, 0.4) is 0 Å². The standard InChI is InChI=1S/C13H16N2O3/c1-10-8-11(4-5-12(10)17-2)9-18-13(16)15-7-3-6-14/h4-5,8H,3,7,9H2,1-2H3,(H,15,16). The van der Waals surface area contributed by atoms with E-state index >= 15 is 0 Å². The lowest BCUT2D eigenvalue weighted by molar-refractivity contribution is 0.140. The summed E-state index contributed by atoms with van der Waals surface area (Å²) in [6.45, 7) is 2.43. The molecule has 5 heteroatoms. The Kier molecular flexibility index (Phi) is 5.52. The minimum absolute atomic E-state index is 0.198.